The number of phenols is 1. The van der Waals surface area contributed by atoms with Gasteiger partial charge in [0.2, 0.25) is 0 Å². The molecule has 7 nitrogen and oxygen atoms in total. The standard InChI is InChI=1S/C29H25N3O4/c1-16-9-12-18(13-10-16)24-23-25(30(3)29(35)31(4)28(23)34)26-27(19-7-5-6-8-21(19)33)36-22-14-11-17(2)15-20(22)32(24)26/h5-15,27,33H,1-4H3. The molecule has 0 saturated carbocycles. The highest BCUT2D eigenvalue weighted by molar-refractivity contribution is 5.98. The molecule has 0 radical (unpaired) electrons. The van der Waals surface area contributed by atoms with E-state index in [4.69, 9.17) is 4.74 Å². The number of para-hydroxylation sites is 1. The molecule has 5 aromatic rings. The SMILES string of the molecule is Cc1ccc(-c2c3c(=O)n(C)c(=O)n(C)c3c3n2-c2cc(C)ccc2OC3c2ccccc2O)cc1. The lowest BCUT2D eigenvalue weighted by Gasteiger charge is -2.30. The Balaban J connectivity index is 1.88. The Kier molecular flexibility index (Phi) is 4.73. The van der Waals surface area contributed by atoms with Crippen LogP contribution >= 0.6 is 0 Å². The van der Waals surface area contributed by atoms with Gasteiger partial charge in [0.15, 0.2) is 6.10 Å². The molecule has 7 heteroatoms. The summed E-state index contributed by atoms with van der Waals surface area (Å²) >= 11 is 0. The van der Waals surface area contributed by atoms with Crippen LogP contribution in [0.2, 0.25) is 0 Å². The molecule has 1 aliphatic rings. The number of phenolic OH excluding ortho intramolecular Hbond substituents is 1. The van der Waals surface area contributed by atoms with E-state index in [1.807, 2.05) is 66.9 Å². The molecule has 0 bridgehead atoms. The molecule has 2 aromatic heterocycles. The molecule has 6 rings (SSSR count). The van der Waals surface area contributed by atoms with Crippen LogP contribution < -0.4 is 16.0 Å². The van der Waals surface area contributed by atoms with Gasteiger partial charge in [-0.05, 0) is 43.2 Å². The highest BCUT2D eigenvalue weighted by atomic mass is 16.5. The second-order valence-electron chi connectivity index (χ2n) is 9.39. The summed E-state index contributed by atoms with van der Waals surface area (Å²) in [7, 11) is 3.16. The lowest BCUT2D eigenvalue weighted by molar-refractivity contribution is 0.224. The number of fused-ring (bicyclic) bond motifs is 5. The molecule has 3 heterocycles. The van der Waals surface area contributed by atoms with Crippen LogP contribution in [0.3, 0.4) is 0 Å². The molecule has 180 valence electrons. The normalized spacial score (nSPS) is 14.4. The van der Waals surface area contributed by atoms with Crippen molar-refractivity contribution in [1.29, 1.82) is 0 Å². The Morgan fingerprint density at radius 3 is 2.28 bits per heavy atom. The number of ether oxygens (including phenoxy) is 1. The van der Waals surface area contributed by atoms with E-state index in [9.17, 15) is 14.7 Å². The first-order valence-electron chi connectivity index (χ1n) is 11.7. The van der Waals surface area contributed by atoms with Crippen LogP contribution in [-0.4, -0.2) is 18.8 Å². The zero-order valence-electron chi connectivity index (χ0n) is 20.4. The second kappa shape index (κ2) is 7.75. The van der Waals surface area contributed by atoms with Crippen molar-refractivity contribution < 1.29 is 9.84 Å². The van der Waals surface area contributed by atoms with Gasteiger partial charge in [-0.25, -0.2) is 4.79 Å². The van der Waals surface area contributed by atoms with Crippen LogP contribution in [0, 0.1) is 13.8 Å². The Labute approximate surface area is 207 Å². The summed E-state index contributed by atoms with van der Waals surface area (Å²) < 4.78 is 11.2. The molecular weight excluding hydrogens is 454 g/mol. The average Bonchev–Trinajstić information content (AvgIpc) is 3.23. The molecule has 36 heavy (non-hydrogen) atoms. The average molecular weight is 480 g/mol. The van der Waals surface area contributed by atoms with Gasteiger partial charge >= 0.3 is 5.69 Å². The maximum absolute atomic E-state index is 13.7. The number of benzene rings is 3. The Hall–Kier alpha value is -4.52. The van der Waals surface area contributed by atoms with E-state index in [0.717, 1.165) is 26.9 Å². The quantitative estimate of drug-likeness (QED) is 0.404. The minimum absolute atomic E-state index is 0.0738. The van der Waals surface area contributed by atoms with Crippen LogP contribution in [0.5, 0.6) is 11.5 Å². The fourth-order valence-electron chi connectivity index (χ4n) is 5.18. The minimum atomic E-state index is -0.749. The largest absolute Gasteiger partial charge is 0.508 e. The second-order valence-corrected chi connectivity index (χ2v) is 9.39. The zero-order chi connectivity index (χ0) is 25.3. The van der Waals surface area contributed by atoms with E-state index >= 15 is 0 Å². The predicted molar refractivity (Wildman–Crippen MR) is 139 cm³/mol. The van der Waals surface area contributed by atoms with Gasteiger partial charge in [0.1, 0.15) is 11.5 Å². The fraction of sp³-hybridized carbons (Fsp3) is 0.172. The van der Waals surface area contributed by atoms with Gasteiger partial charge in [-0.1, -0.05) is 54.1 Å². The van der Waals surface area contributed by atoms with Crippen molar-refractivity contribution in [3.05, 3.63) is 110 Å². The molecule has 0 fully saturated rings. The van der Waals surface area contributed by atoms with Crippen molar-refractivity contribution >= 4 is 10.9 Å². The Morgan fingerprint density at radius 2 is 1.56 bits per heavy atom. The summed E-state index contributed by atoms with van der Waals surface area (Å²) in [5, 5.41) is 11.2. The van der Waals surface area contributed by atoms with Crippen molar-refractivity contribution in [3.63, 3.8) is 0 Å². The van der Waals surface area contributed by atoms with Crippen LogP contribution in [0.25, 0.3) is 27.8 Å². The van der Waals surface area contributed by atoms with Crippen molar-refractivity contribution in [2.45, 2.75) is 20.0 Å². The molecule has 1 N–H and O–H groups in total. The van der Waals surface area contributed by atoms with Gasteiger partial charge in [0.25, 0.3) is 5.56 Å². The number of hydrogen-bond donors (Lipinski definition) is 1. The first-order valence-corrected chi connectivity index (χ1v) is 11.7. The minimum Gasteiger partial charge on any atom is -0.508 e. The van der Waals surface area contributed by atoms with E-state index in [2.05, 4.69) is 0 Å². The van der Waals surface area contributed by atoms with E-state index < -0.39 is 11.8 Å². The van der Waals surface area contributed by atoms with Crippen LogP contribution in [0.15, 0.2) is 76.3 Å². The topological polar surface area (TPSA) is 78.4 Å². The van der Waals surface area contributed by atoms with Crippen molar-refractivity contribution in [2.24, 2.45) is 14.1 Å². The van der Waals surface area contributed by atoms with Gasteiger partial charge in [-0.3, -0.25) is 13.9 Å². The maximum Gasteiger partial charge on any atom is 0.331 e. The number of rotatable bonds is 2. The van der Waals surface area contributed by atoms with Gasteiger partial charge in [-0.15, -0.1) is 0 Å². The lowest BCUT2D eigenvalue weighted by atomic mass is 10.0. The fourth-order valence-corrected chi connectivity index (χ4v) is 5.18. The van der Waals surface area contributed by atoms with Crippen LogP contribution in [0.1, 0.15) is 28.5 Å². The van der Waals surface area contributed by atoms with Gasteiger partial charge in [-0.2, -0.15) is 0 Å². The van der Waals surface area contributed by atoms with E-state index in [-0.39, 0.29) is 11.3 Å². The molecule has 1 unspecified atom stereocenters. The van der Waals surface area contributed by atoms with E-state index in [0.29, 0.717) is 33.6 Å². The first-order chi connectivity index (χ1) is 17.3. The number of aromatic hydroxyl groups is 1. The monoisotopic (exact) mass is 479 g/mol. The molecule has 1 atom stereocenters. The summed E-state index contributed by atoms with van der Waals surface area (Å²) in [4.78, 5) is 26.8. The number of nitrogens with zero attached hydrogens (tertiary/aromatic N) is 3. The van der Waals surface area contributed by atoms with Gasteiger partial charge < -0.3 is 14.4 Å². The van der Waals surface area contributed by atoms with Crippen LogP contribution in [0.4, 0.5) is 0 Å². The highest BCUT2D eigenvalue weighted by Crippen LogP contribution is 2.48. The maximum atomic E-state index is 13.7. The summed E-state index contributed by atoms with van der Waals surface area (Å²) in [6.07, 6.45) is -0.749. The summed E-state index contributed by atoms with van der Waals surface area (Å²) in [6.45, 7) is 4.01. The molecule has 1 aliphatic heterocycles. The molecule has 3 aromatic carbocycles. The van der Waals surface area contributed by atoms with Gasteiger partial charge in [0.05, 0.1) is 28.0 Å². The van der Waals surface area contributed by atoms with Crippen LogP contribution in [-0.2, 0) is 14.1 Å². The highest BCUT2D eigenvalue weighted by Gasteiger charge is 2.37. The molecular formula is C29H25N3O4. The lowest BCUT2D eigenvalue weighted by Crippen LogP contribution is -2.37. The smallest absolute Gasteiger partial charge is 0.331 e. The summed E-state index contributed by atoms with van der Waals surface area (Å²) in [5.74, 6) is 0.696. The predicted octanol–water partition coefficient (Wildman–Crippen LogP) is 4.50. The third-order valence-electron chi connectivity index (χ3n) is 7.00. The van der Waals surface area contributed by atoms with E-state index in [1.54, 1.807) is 25.2 Å². The zero-order valence-corrected chi connectivity index (χ0v) is 20.4. The molecule has 0 saturated heterocycles. The number of aromatic nitrogens is 3. The van der Waals surface area contributed by atoms with E-state index in [1.165, 1.54) is 11.6 Å². The Bertz CT molecular complexity index is 1810. The van der Waals surface area contributed by atoms with Crippen molar-refractivity contribution in [3.8, 4) is 28.4 Å². The molecule has 0 spiro atoms. The summed E-state index contributed by atoms with van der Waals surface area (Å²) in [5.41, 5.74) is 5.28. The van der Waals surface area contributed by atoms with Crippen molar-refractivity contribution in [1.82, 2.24) is 13.7 Å². The van der Waals surface area contributed by atoms with Crippen molar-refractivity contribution in [2.75, 3.05) is 0 Å². The third-order valence-corrected chi connectivity index (χ3v) is 7.00. The third kappa shape index (κ3) is 2.99. The van der Waals surface area contributed by atoms with Gasteiger partial charge in [0, 0.05) is 19.7 Å². The summed E-state index contributed by atoms with van der Waals surface area (Å²) in [6, 6.07) is 20.9. The molecule has 0 amide bonds. The Morgan fingerprint density at radius 1 is 0.861 bits per heavy atom. The number of aryl methyl sites for hydroxylation is 3. The first kappa shape index (κ1) is 22.0. The molecule has 0 aliphatic carbocycles. The number of hydrogen-bond acceptors (Lipinski definition) is 4.